The van der Waals surface area contributed by atoms with Crippen LogP contribution in [0.4, 0.5) is 18.9 Å². The predicted octanol–water partition coefficient (Wildman–Crippen LogP) is 4.01. The summed E-state index contributed by atoms with van der Waals surface area (Å²) >= 11 is 5.88. The van der Waals surface area contributed by atoms with Gasteiger partial charge in [-0.2, -0.15) is 13.2 Å². The second kappa shape index (κ2) is 9.04. The van der Waals surface area contributed by atoms with Crippen molar-refractivity contribution in [3.05, 3.63) is 59.1 Å². The SMILES string of the molecule is CCOC(=O)[C@](NC(=O)c1ccccc1)(Nc1cc(Cl)ccc1OC)C(F)(F)F. The first-order valence-corrected chi connectivity index (χ1v) is 8.75. The van der Waals surface area contributed by atoms with Gasteiger partial charge < -0.3 is 20.1 Å². The first kappa shape index (κ1) is 22.4. The second-order valence-corrected chi connectivity index (χ2v) is 6.19. The molecule has 0 aliphatic carbocycles. The number of ether oxygens (including phenoxy) is 2. The average Bonchev–Trinajstić information content (AvgIpc) is 2.67. The molecule has 0 aliphatic rings. The fourth-order valence-corrected chi connectivity index (χ4v) is 2.61. The Bertz CT molecular complexity index is 878. The third kappa shape index (κ3) is 4.92. The quantitative estimate of drug-likeness (QED) is 0.512. The van der Waals surface area contributed by atoms with Crippen LogP contribution in [0.5, 0.6) is 5.75 Å². The molecule has 0 unspecified atom stereocenters. The van der Waals surface area contributed by atoms with E-state index in [2.05, 4.69) is 4.74 Å². The summed E-state index contributed by atoms with van der Waals surface area (Å²) in [5.74, 6) is -2.90. The number of anilines is 1. The third-order valence-electron chi connectivity index (χ3n) is 3.83. The number of benzene rings is 2. The fraction of sp³-hybridized carbons (Fsp3) is 0.263. The van der Waals surface area contributed by atoms with Crippen LogP contribution in [0.3, 0.4) is 0 Å². The van der Waals surface area contributed by atoms with Crippen LogP contribution < -0.4 is 15.4 Å². The molecule has 0 spiro atoms. The Hall–Kier alpha value is -2.94. The Morgan fingerprint density at radius 1 is 1.10 bits per heavy atom. The van der Waals surface area contributed by atoms with Crippen molar-refractivity contribution < 1.29 is 32.2 Å². The van der Waals surface area contributed by atoms with Crippen molar-refractivity contribution in [2.75, 3.05) is 19.0 Å². The number of amides is 1. The summed E-state index contributed by atoms with van der Waals surface area (Å²) in [5, 5.41) is 3.87. The Morgan fingerprint density at radius 2 is 1.76 bits per heavy atom. The number of nitrogens with one attached hydrogen (secondary N) is 2. The Morgan fingerprint density at radius 3 is 2.31 bits per heavy atom. The van der Waals surface area contributed by atoms with E-state index in [1.54, 1.807) is 11.4 Å². The van der Waals surface area contributed by atoms with Crippen LogP contribution in [0.15, 0.2) is 48.5 Å². The highest BCUT2D eigenvalue weighted by atomic mass is 35.5. The molecule has 0 aromatic heterocycles. The molecule has 1 atom stereocenters. The summed E-state index contributed by atoms with van der Waals surface area (Å²) in [6.07, 6.45) is -5.28. The number of hydrogen-bond acceptors (Lipinski definition) is 5. The van der Waals surface area contributed by atoms with Crippen LogP contribution in [0, 0.1) is 0 Å². The van der Waals surface area contributed by atoms with Crippen molar-refractivity contribution >= 4 is 29.2 Å². The smallest absolute Gasteiger partial charge is 0.441 e. The standard InChI is InChI=1S/C19H18ClF3N2O4/c1-3-29-17(27)18(19(21,22)23,25-16(26)12-7-5-4-6-8-12)24-14-11-13(20)9-10-15(14)28-2/h4-11,24H,3H2,1-2H3,(H,25,26)/t18-/m1/s1. The third-order valence-corrected chi connectivity index (χ3v) is 4.06. The molecule has 0 saturated carbocycles. The second-order valence-electron chi connectivity index (χ2n) is 5.76. The molecular formula is C19H18ClF3N2O4. The van der Waals surface area contributed by atoms with Crippen molar-refractivity contribution in [3.8, 4) is 5.75 Å². The normalized spacial score (nSPS) is 13.2. The fourth-order valence-electron chi connectivity index (χ4n) is 2.44. The van der Waals surface area contributed by atoms with Gasteiger partial charge in [0.2, 0.25) is 0 Å². The molecule has 0 radical (unpaired) electrons. The number of carbonyl (C=O) groups excluding carboxylic acids is 2. The number of carbonyl (C=O) groups is 2. The minimum atomic E-state index is -5.28. The molecule has 0 heterocycles. The first-order chi connectivity index (χ1) is 13.6. The van der Waals surface area contributed by atoms with E-state index in [4.69, 9.17) is 16.3 Å². The Labute approximate surface area is 169 Å². The molecule has 1 amide bonds. The van der Waals surface area contributed by atoms with Gasteiger partial charge in [-0.1, -0.05) is 29.8 Å². The summed E-state index contributed by atoms with van der Waals surface area (Å²) in [7, 11) is 1.23. The van der Waals surface area contributed by atoms with Crippen LogP contribution in [0.25, 0.3) is 0 Å². The highest BCUT2D eigenvalue weighted by Crippen LogP contribution is 2.37. The molecule has 29 heavy (non-hydrogen) atoms. The molecule has 2 rings (SSSR count). The van der Waals surface area contributed by atoms with E-state index in [0.717, 1.165) is 6.07 Å². The maximum Gasteiger partial charge on any atom is 0.441 e. The molecule has 6 nitrogen and oxygen atoms in total. The van der Waals surface area contributed by atoms with Gasteiger partial charge in [0.05, 0.1) is 19.4 Å². The average molecular weight is 431 g/mol. The summed E-state index contributed by atoms with van der Waals surface area (Å²) in [6.45, 7) is 1.00. The Kier molecular flexibility index (Phi) is 6.97. The van der Waals surface area contributed by atoms with Crippen molar-refractivity contribution in [2.45, 2.75) is 18.8 Å². The predicted molar refractivity (Wildman–Crippen MR) is 101 cm³/mol. The van der Waals surface area contributed by atoms with Gasteiger partial charge in [-0.15, -0.1) is 0 Å². The number of hydrogen-bond donors (Lipinski definition) is 2. The highest BCUT2D eigenvalue weighted by Gasteiger charge is 2.64. The zero-order valence-electron chi connectivity index (χ0n) is 15.5. The van der Waals surface area contributed by atoms with Gasteiger partial charge in [0.15, 0.2) is 0 Å². The molecule has 0 fully saturated rings. The van der Waals surface area contributed by atoms with Gasteiger partial charge in [0, 0.05) is 10.6 Å². The lowest BCUT2D eigenvalue weighted by Crippen LogP contribution is -2.69. The number of alkyl halides is 3. The molecule has 10 heteroatoms. The van der Waals surface area contributed by atoms with Gasteiger partial charge in [-0.25, -0.2) is 4.79 Å². The van der Waals surface area contributed by atoms with Crippen LogP contribution in [-0.2, 0) is 9.53 Å². The molecule has 0 aliphatic heterocycles. The van der Waals surface area contributed by atoms with Crippen molar-refractivity contribution in [1.29, 1.82) is 0 Å². The van der Waals surface area contributed by atoms with Crippen LogP contribution in [0.2, 0.25) is 5.02 Å². The van der Waals surface area contributed by atoms with E-state index in [-0.39, 0.29) is 28.6 Å². The zero-order chi connectivity index (χ0) is 21.7. The summed E-state index contributed by atoms with van der Waals surface area (Å²) in [6, 6.07) is 11.0. The molecule has 156 valence electrons. The van der Waals surface area contributed by atoms with E-state index < -0.39 is 23.7 Å². The summed E-state index contributed by atoms with van der Waals surface area (Å²) < 4.78 is 52.3. The van der Waals surface area contributed by atoms with Gasteiger partial charge >= 0.3 is 17.8 Å². The molecule has 2 N–H and O–H groups in total. The molecule has 2 aromatic rings. The van der Waals surface area contributed by atoms with Crippen LogP contribution in [0.1, 0.15) is 17.3 Å². The van der Waals surface area contributed by atoms with Crippen LogP contribution in [-0.4, -0.2) is 37.4 Å². The molecule has 0 bridgehead atoms. The maximum atomic E-state index is 14.2. The summed E-state index contributed by atoms with van der Waals surface area (Å²) in [4.78, 5) is 25.0. The van der Waals surface area contributed by atoms with Gasteiger partial charge in [0.1, 0.15) is 5.75 Å². The van der Waals surface area contributed by atoms with Gasteiger partial charge in [0.25, 0.3) is 5.91 Å². The number of halogens is 4. The van der Waals surface area contributed by atoms with Crippen molar-refractivity contribution in [1.82, 2.24) is 5.32 Å². The Balaban J connectivity index is 2.58. The monoisotopic (exact) mass is 430 g/mol. The minimum absolute atomic E-state index is 0.0266. The molecular weight excluding hydrogens is 413 g/mol. The van der Waals surface area contributed by atoms with E-state index in [0.29, 0.717) is 0 Å². The number of rotatable bonds is 7. The maximum absolute atomic E-state index is 14.2. The van der Waals surface area contributed by atoms with E-state index >= 15 is 0 Å². The summed E-state index contributed by atoms with van der Waals surface area (Å²) in [5.41, 5.74) is -3.93. The molecule has 2 aromatic carbocycles. The topological polar surface area (TPSA) is 76.7 Å². The van der Waals surface area contributed by atoms with Gasteiger partial charge in [-0.05, 0) is 37.3 Å². The number of esters is 1. The first-order valence-electron chi connectivity index (χ1n) is 8.38. The van der Waals surface area contributed by atoms with Crippen molar-refractivity contribution in [2.24, 2.45) is 0 Å². The van der Waals surface area contributed by atoms with E-state index in [1.165, 1.54) is 50.4 Å². The van der Waals surface area contributed by atoms with E-state index in [1.807, 2.05) is 5.32 Å². The van der Waals surface area contributed by atoms with E-state index in [9.17, 15) is 22.8 Å². The lowest BCUT2D eigenvalue weighted by atomic mass is 10.1. The van der Waals surface area contributed by atoms with Crippen molar-refractivity contribution in [3.63, 3.8) is 0 Å². The molecule has 0 saturated heterocycles. The van der Waals surface area contributed by atoms with Gasteiger partial charge in [-0.3, -0.25) is 4.79 Å². The van der Waals surface area contributed by atoms with Crippen LogP contribution >= 0.6 is 11.6 Å². The zero-order valence-corrected chi connectivity index (χ0v) is 16.2. The minimum Gasteiger partial charge on any atom is -0.495 e. The highest BCUT2D eigenvalue weighted by molar-refractivity contribution is 6.31. The lowest BCUT2D eigenvalue weighted by molar-refractivity contribution is -0.204. The lowest BCUT2D eigenvalue weighted by Gasteiger charge is -2.35. The number of methoxy groups -OCH3 is 1. The largest absolute Gasteiger partial charge is 0.495 e.